The van der Waals surface area contributed by atoms with Crippen LogP contribution in [0.1, 0.15) is 6.92 Å². The second kappa shape index (κ2) is 20.1. The number of carboxylic acids is 1. The molecule has 0 atom stereocenters. The van der Waals surface area contributed by atoms with Crippen LogP contribution < -0.4 is 88.3 Å². The van der Waals surface area contributed by atoms with E-state index >= 15 is 0 Å². The average Bonchev–Trinajstić information content (AvgIpc) is 3.72. The second-order valence-electron chi connectivity index (χ2n) is 8.79. The zero-order chi connectivity index (χ0) is 28.0. The largest absolute Gasteiger partial charge is 2.00 e. The Bertz CT molecular complexity index is 1320. The maximum atomic E-state index is 8.89. The van der Waals surface area contributed by atoms with E-state index in [1.807, 2.05) is 0 Å². The smallest absolute Gasteiger partial charge is 0.550 e. The van der Waals surface area contributed by atoms with Gasteiger partial charge in [-0.15, -0.1) is 10.6 Å². The van der Waals surface area contributed by atoms with Crippen LogP contribution in [0.2, 0.25) is 0 Å². The summed E-state index contributed by atoms with van der Waals surface area (Å²) in [6.07, 6.45) is 0. The number of aliphatic carboxylic acids is 1. The molecule has 0 saturated heterocycles. The van der Waals surface area contributed by atoms with Crippen LogP contribution in [0.15, 0.2) is 170 Å². The Kier molecular flexibility index (Phi) is 17.4. The standard InChI is InChI=1S/2C17H14P.C2H4O2.Fe.K/c2*1-3-9-15(10-4-1)18(17-13-7-8-14-17)16-11-5-2-6-12-16;1-2(3)4;;/h2*1-14H;1H3,(H,3,4);;/q2*-1;;+2;+1/p-1. The molecule has 0 heterocycles. The van der Waals surface area contributed by atoms with E-state index < -0.39 is 21.8 Å². The van der Waals surface area contributed by atoms with Gasteiger partial charge in [0.1, 0.15) is 0 Å². The van der Waals surface area contributed by atoms with Gasteiger partial charge in [-0.1, -0.05) is 137 Å². The summed E-state index contributed by atoms with van der Waals surface area (Å²) < 4.78 is 0. The van der Waals surface area contributed by atoms with E-state index in [1.165, 1.54) is 31.8 Å². The molecule has 6 aromatic carbocycles. The fourth-order valence-corrected chi connectivity index (χ4v) is 8.84. The molecule has 0 radical (unpaired) electrons. The predicted molar refractivity (Wildman–Crippen MR) is 172 cm³/mol. The zero-order valence-electron chi connectivity index (χ0n) is 23.7. The fraction of sp³-hybridized carbons (Fsp3) is 0.0278. The minimum Gasteiger partial charge on any atom is -0.550 e. The van der Waals surface area contributed by atoms with E-state index in [-0.39, 0.29) is 68.5 Å². The van der Waals surface area contributed by atoms with Crippen molar-refractivity contribution in [3.8, 4) is 0 Å². The van der Waals surface area contributed by atoms with Crippen LogP contribution in [0.5, 0.6) is 0 Å². The third-order valence-corrected chi connectivity index (χ3v) is 10.8. The number of rotatable bonds is 6. The van der Waals surface area contributed by atoms with Crippen LogP contribution in [0, 0.1) is 0 Å². The first-order valence-corrected chi connectivity index (χ1v) is 15.7. The Balaban J connectivity index is 0.000000250. The topological polar surface area (TPSA) is 40.1 Å². The number of hydrogen-bond acceptors (Lipinski definition) is 2. The Labute approximate surface area is 305 Å². The molecule has 0 N–H and O–H groups in total. The number of hydrogen-bond donors (Lipinski definition) is 0. The van der Waals surface area contributed by atoms with Crippen molar-refractivity contribution in [2.24, 2.45) is 0 Å². The Morgan fingerprint density at radius 2 is 0.667 bits per heavy atom. The molecular formula is C36H31FeKO2P2. The third kappa shape index (κ3) is 11.3. The molecule has 0 spiro atoms. The first kappa shape index (κ1) is 36.3. The summed E-state index contributed by atoms with van der Waals surface area (Å²) in [5.74, 6) is -1.08. The van der Waals surface area contributed by atoms with Crippen LogP contribution in [0.4, 0.5) is 0 Å². The Hall–Kier alpha value is -1.93. The number of carbonyl (C=O) groups is 1. The van der Waals surface area contributed by atoms with Gasteiger partial charge in [0.15, 0.2) is 0 Å². The second-order valence-corrected chi connectivity index (χ2v) is 13.2. The van der Waals surface area contributed by atoms with Gasteiger partial charge in [0.2, 0.25) is 0 Å². The number of benzene rings is 4. The van der Waals surface area contributed by atoms with Crippen molar-refractivity contribution in [2.75, 3.05) is 0 Å². The van der Waals surface area contributed by atoms with Gasteiger partial charge in [-0.05, 0) is 28.1 Å². The third-order valence-electron chi connectivity index (χ3n) is 5.86. The molecule has 206 valence electrons. The molecule has 0 aliphatic heterocycles. The molecule has 0 aliphatic rings. The van der Waals surface area contributed by atoms with Gasteiger partial charge in [-0.3, -0.25) is 0 Å². The van der Waals surface area contributed by atoms with Crippen molar-refractivity contribution >= 4 is 53.6 Å². The van der Waals surface area contributed by atoms with Crippen LogP contribution in [-0.4, -0.2) is 5.97 Å². The number of carboxylic acid groups (broad SMARTS) is 1. The van der Waals surface area contributed by atoms with Crippen molar-refractivity contribution in [3.63, 3.8) is 0 Å². The van der Waals surface area contributed by atoms with Crippen LogP contribution >= 0.6 is 15.8 Å². The summed E-state index contributed by atoms with van der Waals surface area (Å²) in [6.45, 7) is 0.972. The predicted octanol–water partition coefficient (Wildman–Crippen LogP) is 2.09. The van der Waals surface area contributed by atoms with E-state index in [0.29, 0.717) is 0 Å². The monoisotopic (exact) mass is 652 g/mol. The summed E-state index contributed by atoms with van der Waals surface area (Å²) in [7, 11) is -0.818. The number of carbonyl (C=O) groups excluding carboxylic acids is 1. The average molecular weight is 653 g/mol. The van der Waals surface area contributed by atoms with Gasteiger partial charge in [-0.2, -0.15) is 24.3 Å². The molecule has 2 nitrogen and oxygen atoms in total. The molecule has 6 rings (SSSR count). The van der Waals surface area contributed by atoms with Gasteiger partial charge < -0.3 is 9.90 Å². The van der Waals surface area contributed by atoms with Crippen molar-refractivity contribution < 1.29 is 78.4 Å². The van der Waals surface area contributed by atoms with E-state index in [9.17, 15) is 0 Å². The normalized spacial score (nSPS) is 9.79. The first-order valence-electron chi connectivity index (χ1n) is 13.0. The van der Waals surface area contributed by atoms with Gasteiger partial charge in [0, 0.05) is 5.97 Å². The molecule has 42 heavy (non-hydrogen) atoms. The molecule has 6 heteroatoms. The SMILES string of the molecule is CC(=O)[O-].[Fe+2].[K+].c1ccc(P(c2ccccc2)[c-]2cccc2)cc1.c1ccc(P(c2ccccc2)[c-]2cccc2)cc1. The van der Waals surface area contributed by atoms with Crippen molar-refractivity contribution in [3.05, 3.63) is 170 Å². The van der Waals surface area contributed by atoms with Crippen LogP contribution in [0.25, 0.3) is 0 Å². The van der Waals surface area contributed by atoms with Crippen molar-refractivity contribution in [1.82, 2.24) is 0 Å². The minimum absolute atomic E-state index is 0. The zero-order valence-corrected chi connectivity index (χ0v) is 29.7. The maximum absolute atomic E-state index is 8.89. The molecule has 0 fully saturated rings. The van der Waals surface area contributed by atoms with Crippen LogP contribution in [-0.2, 0) is 21.9 Å². The molecular weight excluding hydrogens is 621 g/mol. The first-order chi connectivity index (χ1) is 19.6. The summed E-state index contributed by atoms with van der Waals surface area (Å²) in [4.78, 5) is 8.89. The molecule has 6 aromatic rings. The molecule has 0 saturated carbocycles. The van der Waals surface area contributed by atoms with Gasteiger partial charge in [0.25, 0.3) is 0 Å². The summed E-state index contributed by atoms with van der Waals surface area (Å²) in [5.41, 5.74) is 0. The van der Waals surface area contributed by atoms with Crippen molar-refractivity contribution in [1.29, 1.82) is 0 Å². The maximum Gasteiger partial charge on any atom is 2.00 e. The minimum atomic E-state index is -1.08. The van der Waals surface area contributed by atoms with Gasteiger partial charge in [0.05, 0.1) is 0 Å². The van der Waals surface area contributed by atoms with E-state index in [1.54, 1.807) is 0 Å². The van der Waals surface area contributed by atoms with E-state index in [2.05, 4.69) is 170 Å². The molecule has 0 bridgehead atoms. The summed E-state index contributed by atoms with van der Waals surface area (Å²) >= 11 is 0. The van der Waals surface area contributed by atoms with Gasteiger partial charge >= 0.3 is 68.5 Å². The fourth-order valence-electron chi connectivity index (χ4n) is 4.23. The van der Waals surface area contributed by atoms with Gasteiger partial charge in [-0.25, -0.2) is 24.3 Å². The van der Waals surface area contributed by atoms with Crippen LogP contribution in [0.3, 0.4) is 0 Å². The van der Waals surface area contributed by atoms with E-state index in [0.717, 1.165) is 6.92 Å². The molecule has 0 aromatic heterocycles. The van der Waals surface area contributed by atoms with Crippen molar-refractivity contribution in [2.45, 2.75) is 6.92 Å². The Morgan fingerprint density at radius 1 is 0.476 bits per heavy atom. The quantitative estimate of drug-likeness (QED) is 0.157. The summed E-state index contributed by atoms with van der Waals surface area (Å²) in [6, 6.07) is 60.5. The molecule has 0 amide bonds. The molecule has 0 aliphatic carbocycles. The molecule has 0 unspecified atom stereocenters. The van der Waals surface area contributed by atoms with E-state index in [4.69, 9.17) is 9.90 Å². The Morgan fingerprint density at radius 3 is 0.857 bits per heavy atom. The summed E-state index contributed by atoms with van der Waals surface area (Å²) in [5, 5.41) is 17.4.